The van der Waals surface area contributed by atoms with Crippen LogP contribution in [0.2, 0.25) is 0 Å². The van der Waals surface area contributed by atoms with Crippen LogP contribution in [0.15, 0.2) is 24.3 Å². The van der Waals surface area contributed by atoms with E-state index in [4.69, 9.17) is 0 Å². The van der Waals surface area contributed by atoms with Gasteiger partial charge in [0.2, 0.25) is 0 Å². The Kier molecular flexibility index (Phi) is 6.20. The Morgan fingerprint density at radius 2 is 1.37 bits per heavy atom. The van der Waals surface area contributed by atoms with Gasteiger partial charge in [-0.3, -0.25) is 0 Å². The monoisotopic (exact) mass is 260 g/mol. The summed E-state index contributed by atoms with van der Waals surface area (Å²) in [5.74, 6) is 4.13. The molecular formula is C19H32. The molecule has 2 saturated carbocycles. The Morgan fingerprint density at radius 3 is 1.95 bits per heavy atom. The summed E-state index contributed by atoms with van der Waals surface area (Å²) >= 11 is 0. The molecule has 2 fully saturated rings. The smallest absolute Gasteiger partial charge is 0.0319 e. The average molecular weight is 260 g/mol. The van der Waals surface area contributed by atoms with Gasteiger partial charge in [-0.2, -0.15) is 0 Å². The van der Waals surface area contributed by atoms with Gasteiger partial charge in [0.1, 0.15) is 0 Å². The van der Waals surface area contributed by atoms with E-state index in [9.17, 15) is 0 Å². The molecule has 0 atom stereocenters. The van der Waals surface area contributed by atoms with Crippen LogP contribution in [0.4, 0.5) is 0 Å². The first-order valence-corrected chi connectivity index (χ1v) is 8.57. The Balaban J connectivity index is 1.67. The minimum Gasteiger partial charge on any atom is -0.0877 e. The molecule has 2 aliphatic carbocycles. The van der Waals surface area contributed by atoms with Crippen LogP contribution in [0.1, 0.15) is 71.6 Å². The van der Waals surface area contributed by atoms with E-state index in [0.29, 0.717) is 0 Å². The van der Waals surface area contributed by atoms with Crippen molar-refractivity contribution in [2.45, 2.75) is 71.6 Å². The third-order valence-electron chi connectivity index (χ3n) is 5.53. The van der Waals surface area contributed by atoms with Gasteiger partial charge < -0.3 is 0 Å². The first kappa shape index (κ1) is 14.9. The van der Waals surface area contributed by atoms with Crippen LogP contribution in [-0.4, -0.2) is 0 Å². The van der Waals surface area contributed by atoms with E-state index in [1.54, 1.807) is 0 Å². The quantitative estimate of drug-likeness (QED) is 0.532. The van der Waals surface area contributed by atoms with Gasteiger partial charge in [0, 0.05) is 0 Å². The Hall–Kier alpha value is -0.520. The fraction of sp³-hybridized carbons (Fsp3) is 0.789. The third kappa shape index (κ3) is 4.82. The molecule has 0 aromatic heterocycles. The van der Waals surface area contributed by atoms with Gasteiger partial charge in [0.25, 0.3) is 0 Å². The van der Waals surface area contributed by atoms with Gasteiger partial charge in [-0.15, -0.1) is 0 Å². The molecular weight excluding hydrogens is 228 g/mol. The van der Waals surface area contributed by atoms with Gasteiger partial charge in [-0.05, 0) is 75.5 Å². The molecule has 0 nitrogen and oxygen atoms in total. The summed E-state index contributed by atoms with van der Waals surface area (Å²) in [4.78, 5) is 0. The van der Waals surface area contributed by atoms with Crippen LogP contribution < -0.4 is 0 Å². The maximum Gasteiger partial charge on any atom is -0.0319 e. The van der Waals surface area contributed by atoms with E-state index in [0.717, 1.165) is 23.7 Å². The first-order valence-electron chi connectivity index (χ1n) is 8.57. The molecule has 0 saturated heterocycles. The van der Waals surface area contributed by atoms with Crippen molar-refractivity contribution >= 4 is 0 Å². The summed E-state index contributed by atoms with van der Waals surface area (Å²) in [6.07, 6.45) is 22.2. The van der Waals surface area contributed by atoms with E-state index in [-0.39, 0.29) is 0 Å². The minimum absolute atomic E-state index is 0.972. The van der Waals surface area contributed by atoms with Crippen molar-refractivity contribution in [3.8, 4) is 0 Å². The number of hydrogen-bond donors (Lipinski definition) is 0. The molecule has 0 radical (unpaired) electrons. The van der Waals surface area contributed by atoms with E-state index in [1.807, 2.05) is 0 Å². The Morgan fingerprint density at radius 1 is 0.789 bits per heavy atom. The lowest BCUT2D eigenvalue weighted by atomic mass is 9.69. The molecule has 0 spiro atoms. The Bertz CT molecular complexity index is 283. The van der Waals surface area contributed by atoms with Gasteiger partial charge in [-0.1, -0.05) is 44.1 Å². The molecule has 0 N–H and O–H groups in total. The van der Waals surface area contributed by atoms with Gasteiger partial charge in [0.15, 0.2) is 0 Å². The van der Waals surface area contributed by atoms with E-state index in [2.05, 4.69) is 38.2 Å². The van der Waals surface area contributed by atoms with Crippen molar-refractivity contribution in [3.63, 3.8) is 0 Å². The van der Waals surface area contributed by atoms with Crippen LogP contribution >= 0.6 is 0 Å². The number of allylic oxidation sites excluding steroid dienone is 4. The van der Waals surface area contributed by atoms with Gasteiger partial charge >= 0.3 is 0 Å². The summed E-state index contributed by atoms with van der Waals surface area (Å²) in [6, 6.07) is 0. The van der Waals surface area contributed by atoms with E-state index < -0.39 is 0 Å². The van der Waals surface area contributed by atoms with Crippen molar-refractivity contribution in [2.24, 2.45) is 23.7 Å². The zero-order chi connectivity index (χ0) is 13.5. The normalized spacial score (nSPS) is 37.2. The lowest BCUT2D eigenvalue weighted by molar-refractivity contribution is 0.151. The topological polar surface area (TPSA) is 0 Å². The minimum atomic E-state index is 0.972. The second-order valence-corrected chi connectivity index (χ2v) is 6.99. The summed E-state index contributed by atoms with van der Waals surface area (Å²) < 4.78 is 0. The molecule has 0 aromatic rings. The molecule has 0 unspecified atom stereocenters. The predicted molar refractivity (Wildman–Crippen MR) is 85.1 cm³/mol. The summed E-state index contributed by atoms with van der Waals surface area (Å²) in [7, 11) is 0. The van der Waals surface area contributed by atoms with E-state index >= 15 is 0 Å². The summed E-state index contributed by atoms with van der Waals surface area (Å²) in [5.41, 5.74) is 0. The van der Waals surface area contributed by atoms with Gasteiger partial charge in [0.05, 0.1) is 0 Å². The molecule has 0 bridgehead atoms. The first-order chi connectivity index (χ1) is 9.29. The highest BCUT2D eigenvalue weighted by Gasteiger charge is 2.29. The molecule has 108 valence electrons. The fourth-order valence-electron chi connectivity index (χ4n) is 4.11. The predicted octanol–water partition coefficient (Wildman–Crippen LogP) is 6.14. The van der Waals surface area contributed by atoms with Crippen LogP contribution in [0.3, 0.4) is 0 Å². The molecule has 0 heterocycles. The SMILES string of the molecule is C/C=C/C=C/CC1CCC(C2CCC(C)CC2)CC1. The number of hydrogen-bond acceptors (Lipinski definition) is 0. The van der Waals surface area contributed by atoms with Gasteiger partial charge in [-0.25, -0.2) is 0 Å². The van der Waals surface area contributed by atoms with Crippen LogP contribution in [-0.2, 0) is 0 Å². The fourth-order valence-corrected chi connectivity index (χ4v) is 4.11. The van der Waals surface area contributed by atoms with Crippen LogP contribution in [0.25, 0.3) is 0 Å². The highest BCUT2D eigenvalue weighted by molar-refractivity contribution is 5.01. The second kappa shape index (κ2) is 7.92. The zero-order valence-corrected chi connectivity index (χ0v) is 13.0. The second-order valence-electron chi connectivity index (χ2n) is 6.99. The maximum atomic E-state index is 2.43. The molecule has 0 aromatic carbocycles. The molecule has 0 amide bonds. The lowest BCUT2D eigenvalue weighted by Gasteiger charge is -2.37. The van der Waals surface area contributed by atoms with Crippen molar-refractivity contribution in [3.05, 3.63) is 24.3 Å². The summed E-state index contributed by atoms with van der Waals surface area (Å²) in [5, 5.41) is 0. The van der Waals surface area contributed by atoms with Crippen molar-refractivity contribution in [1.29, 1.82) is 0 Å². The zero-order valence-electron chi connectivity index (χ0n) is 13.0. The van der Waals surface area contributed by atoms with Crippen LogP contribution in [0.5, 0.6) is 0 Å². The maximum absolute atomic E-state index is 2.43. The largest absolute Gasteiger partial charge is 0.0877 e. The molecule has 19 heavy (non-hydrogen) atoms. The molecule has 0 aliphatic heterocycles. The Labute approximate surface area is 120 Å². The molecule has 2 aliphatic rings. The lowest BCUT2D eigenvalue weighted by Crippen LogP contribution is -2.25. The summed E-state index contributed by atoms with van der Waals surface area (Å²) in [6.45, 7) is 4.52. The van der Waals surface area contributed by atoms with Crippen molar-refractivity contribution in [1.82, 2.24) is 0 Å². The number of rotatable bonds is 4. The van der Waals surface area contributed by atoms with E-state index in [1.165, 1.54) is 57.8 Å². The van der Waals surface area contributed by atoms with Crippen molar-refractivity contribution < 1.29 is 0 Å². The average Bonchev–Trinajstić information content (AvgIpc) is 2.45. The molecule has 2 rings (SSSR count). The highest BCUT2D eigenvalue weighted by atomic mass is 14.3. The highest BCUT2D eigenvalue weighted by Crippen LogP contribution is 2.41. The molecule has 0 heteroatoms. The van der Waals surface area contributed by atoms with Crippen molar-refractivity contribution in [2.75, 3.05) is 0 Å². The standard InChI is InChI=1S/C19H32/c1-3-4-5-6-7-17-10-14-19(15-11-17)18-12-8-16(2)9-13-18/h3-6,16-19H,7-15H2,1-2H3/b4-3+,6-5+. The van der Waals surface area contributed by atoms with Crippen LogP contribution in [0, 0.1) is 23.7 Å². The third-order valence-corrected chi connectivity index (χ3v) is 5.53.